The van der Waals surface area contributed by atoms with E-state index in [1.807, 2.05) is 29.2 Å². The average Bonchev–Trinajstić information content (AvgIpc) is 3.36. The molecule has 2 heterocycles. The van der Waals surface area contributed by atoms with Crippen LogP contribution in [0.25, 0.3) is 0 Å². The Kier molecular flexibility index (Phi) is 7.61. The summed E-state index contributed by atoms with van der Waals surface area (Å²) in [7, 11) is 0. The van der Waals surface area contributed by atoms with Gasteiger partial charge in [0.25, 0.3) is 5.91 Å². The molecule has 2 fully saturated rings. The third kappa shape index (κ3) is 6.23. The molecular weight excluding hydrogens is 406 g/mol. The van der Waals surface area contributed by atoms with Crippen molar-refractivity contribution >= 4 is 23.2 Å². The summed E-state index contributed by atoms with van der Waals surface area (Å²) in [6, 6.07) is 14.7. The zero-order chi connectivity index (χ0) is 22.2. The Morgan fingerprint density at radius 1 is 1.00 bits per heavy atom. The molecule has 4 rings (SSSR count). The van der Waals surface area contributed by atoms with Gasteiger partial charge < -0.3 is 25.0 Å². The van der Waals surface area contributed by atoms with Crippen molar-refractivity contribution in [2.75, 3.05) is 43.5 Å². The van der Waals surface area contributed by atoms with Gasteiger partial charge in [0.1, 0.15) is 12.4 Å². The van der Waals surface area contributed by atoms with Crippen LogP contribution in [0, 0.1) is 0 Å². The molecule has 7 nitrogen and oxygen atoms in total. The first-order chi connectivity index (χ1) is 15.7. The Bertz CT molecular complexity index is 921. The van der Waals surface area contributed by atoms with E-state index in [9.17, 15) is 9.59 Å². The van der Waals surface area contributed by atoms with E-state index in [1.165, 1.54) is 6.42 Å². The number of nitrogens with one attached hydrogen (secondary N) is 2. The predicted octanol–water partition coefficient (Wildman–Crippen LogP) is 3.92. The molecule has 0 radical (unpaired) electrons. The average molecular weight is 438 g/mol. The zero-order valence-electron chi connectivity index (χ0n) is 18.3. The molecule has 0 spiro atoms. The summed E-state index contributed by atoms with van der Waals surface area (Å²) in [6.45, 7) is 3.06. The molecule has 2 aliphatic rings. The number of rotatable bonds is 8. The van der Waals surface area contributed by atoms with Gasteiger partial charge in [-0.15, -0.1) is 0 Å². The molecule has 2 aromatic carbocycles. The Morgan fingerprint density at radius 2 is 1.81 bits per heavy atom. The predicted molar refractivity (Wildman–Crippen MR) is 124 cm³/mol. The Balaban J connectivity index is 1.26. The number of ether oxygens (including phenoxy) is 2. The van der Waals surface area contributed by atoms with Crippen LogP contribution >= 0.6 is 0 Å². The van der Waals surface area contributed by atoms with Gasteiger partial charge in [-0.2, -0.15) is 0 Å². The summed E-state index contributed by atoms with van der Waals surface area (Å²) in [5.41, 5.74) is 2.03. The first kappa shape index (κ1) is 22.1. The van der Waals surface area contributed by atoms with Crippen molar-refractivity contribution in [1.29, 1.82) is 0 Å². The van der Waals surface area contributed by atoms with Crippen molar-refractivity contribution in [3.63, 3.8) is 0 Å². The van der Waals surface area contributed by atoms with Gasteiger partial charge in [-0.3, -0.25) is 9.59 Å². The van der Waals surface area contributed by atoms with Crippen molar-refractivity contribution in [3.8, 4) is 5.75 Å². The topological polar surface area (TPSA) is 79.9 Å². The van der Waals surface area contributed by atoms with E-state index < -0.39 is 0 Å². The SMILES string of the molecule is O=C(CNc1cccc(OCC2CCCO2)c1)Nc1cccc(C(=O)N2CCCCC2)c1. The molecule has 2 N–H and O–H groups in total. The van der Waals surface area contributed by atoms with Gasteiger partial charge in [-0.1, -0.05) is 12.1 Å². The van der Waals surface area contributed by atoms with E-state index in [1.54, 1.807) is 24.3 Å². The summed E-state index contributed by atoms with van der Waals surface area (Å²) in [5.74, 6) is 0.590. The maximum atomic E-state index is 12.7. The van der Waals surface area contributed by atoms with Crippen LogP contribution in [0.15, 0.2) is 48.5 Å². The van der Waals surface area contributed by atoms with Gasteiger partial charge in [0.05, 0.1) is 12.6 Å². The number of hydrogen-bond acceptors (Lipinski definition) is 5. The lowest BCUT2D eigenvalue weighted by Crippen LogP contribution is -2.35. The van der Waals surface area contributed by atoms with Crippen LogP contribution in [0.4, 0.5) is 11.4 Å². The highest BCUT2D eigenvalue weighted by atomic mass is 16.5. The molecule has 32 heavy (non-hydrogen) atoms. The summed E-state index contributed by atoms with van der Waals surface area (Å²) in [5, 5.41) is 5.99. The number of carbonyl (C=O) groups is 2. The molecule has 0 aromatic heterocycles. The van der Waals surface area contributed by atoms with E-state index in [4.69, 9.17) is 9.47 Å². The fourth-order valence-corrected chi connectivity index (χ4v) is 4.06. The third-order valence-corrected chi connectivity index (χ3v) is 5.78. The van der Waals surface area contributed by atoms with Gasteiger partial charge in [0.2, 0.25) is 5.91 Å². The minimum absolute atomic E-state index is 0.0266. The fourth-order valence-electron chi connectivity index (χ4n) is 4.06. The number of piperidine rings is 1. The normalized spacial score (nSPS) is 18.2. The molecule has 2 amide bonds. The summed E-state index contributed by atoms with van der Waals surface area (Å²) in [4.78, 5) is 27.0. The molecule has 1 atom stereocenters. The maximum absolute atomic E-state index is 12.7. The van der Waals surface area contributed by atoms with Gasteiger partial charge in [-0.05, 0) is 62.4 Å². The number of anilines is 2. The molecule has 0 aliphatic carbocycles. The summed E-state index contributed by atoms with van der Waals surface area (Å²) < 4.78 is 11.4. The largest absolute Gasteiger partial charge is 0.491 e. The highest BCUT2D eigenvalue weighted by molar-refractivity contribution is 5.98. The lowest BCUT2D eigenvalue weighted by Gasteiger charge is -2.26. The first-order valence-electron chi connectivity index (χ1n) is 11.4. The van der Waals surface area contributed by atoms with Crippen LogP contribution < -0.4 is 15.4 Å². The number of nitrogens with zero attached hydrogens (tertiary/aromatic N) is 1. The first-order valence-corrected chi connectivity index (χ1v) is 11.4. The maximum Gasteiger partial charge on any atom is 0.253 e. The van der Waals surface area contributed by atoms with Crippen molar-refractivity contribution in [2.45, 2.75) is 38.2 Å². The molecule has 7 heteroatoms. The van der Waals surface area contributed by atoms with Crippen molar-refractivity contribution in [2.24, 2.45) is 0 Å². The van der Waals surface area contributed by atoms with Crippen LogP contribution in [-0.2, 0) is 9.53 Å². The Labute approximate surface area is 189 Å². The number of amides is 2. The molecule has 0 bridgehead atoms. The van der Waals surface area contributed by atoms with Gasteiger partial charge in [0.15, 0.2) is 0 Å². The van der Waals surface area contributed by atoms with Crippen molar-refractivity contribution in [1.82, 2.24) is 4.90 Å². The second kappa shape index (κ2) is 11.0. The van der Waals surface area contributed by atoms with E-state index in [2.05, 4.69) is 10.6 Å². The summed E-state index contributed by atoms with van der Waals surface area (Å²) in [6.07, 6.45) is 5.55. The van der Waals surface area contributed by atoms with Crippen LogP contribution in [0.1, 0.15) is 42.5 Å². The number of benzene rings is 2. The van der Waals surface area contributed by atoms with Crippen LogP contribution in [0.2, 0.25) is 0 Å². The molecule has 0 saturated carbocycles. The fraction of sp³-hybridized carbons (Fsp3) is 0.440. The van der Waals surface area contributed by atoms with Crippen molar-refractivity contribution in [3.05, 3.63) is 54.1 Å². The van der Waals surface area contributed by atoms with E-state index >= 15 is 0 Å². The summed E-state index contributed by atoms with van der Waals surface area (Å²) >= 11 is 0. The lowest BCUT2D eigenvalue weighted by molar-refractivity contribution is -0.114. The molecule has 170 valence electrons. The molecular formula is C25H31N3O4. The van der Waals surface area contributed by atoms with Crippen LogP contribution in [0.5, 0.6) is 5.75 Å². The van der Waals surface area contributed by atoms with E-state index in [-0.39, 0.29) is 24.5 Å². The molecule has 1 unspecified atom stereocenters. The second-order valence-electron chi connectivity index (χ2n) is 8.31. The number of hydrogen-bond donors (Lipinski definition) is 2. The monoisotopic (exact) mass is 437 g/mol. The van der Waals surface area contributed by atoms with Crippen LogP contribution in [0.3, 0.4) is 0 Å². The van der Waals surface area contributed by atoms with Crippen molar-refractivity contribution < 1.29 is 19.1 Å². The highest BCUT2D eigenvalue weighted by Gasteiger charge is 2.19. The highest BCUT2D eigenvalue weighted by Crippen LogP contribution is 2.20. The number of likely N-dealkylation sites (tertiary alicyclic amines) is 1. The quantitative estimate of drug-likeness (QED) is 0.654. The smallest absolute Gasteiger partial charge is 0.253 e. The Hall–Kier alpha value is -3.06. The minimum atomic E-state index is -0.182. The Morgan fingerprint density at radius 3 is 2.62 bits per heavy atom. The van der Waals surface area contributed by atoms with Gasteiger partial charge in [0, 0.05) is 42.7 Å². The minimum Gasteiger partial charge on any atom is -0.491 e. The van der Waals surface area contributed by atoms with Gasteiger partial charge >= 0.3 is 0 Å². The lowest BCUT2D eigenvalue weighted by atomic mass is 10.1. The standard InChI is InChI=1S/C25H31N3O4/c29-24(17-26-20-8-5-10-22(16-20)32-18-23-11-6-14-31-23)27-21-9-4-7-19(15-21)25(30)28-12-2-1-3-13-28/h4-5,7-10,15-16,23,26H,1-3,6,11-14,17-18H2,(H,27,29). The van der Waals surface area contributed by atoms with E-state index in [0.29, 0.717) is 17.9 Å². The second-order valence-corrected chi connectivity index (χ2v) is 8.31. The van der Waals surface area contributed by atoms with Crippen LogP contribution in [-0.4, -0.2) is 55.7 Å². The van der Waals surface area contributed by atoms with Gasteiger partial charge in [-0.25, -0.2) is 0 Å². The van der Waals surface area contributed by atoms with E-state index in [0.717, 1.165) is 56.8 Å². The third-order valence-electron chi connectivity index (χ3n) is 5.78. The molecule has 2 aromatic rings. The molecule has 2 aliphatic heterocycles. The molecule has 2 saturated heterocycles. The number of carbonyl (C=O) groups excluding carboxylic acids is 2. The zero-order valence-corrected chi connectivity index (χ0v) is 18.3.